The Balaban J connectivity index is 2.10. The summed E-state index contributed by atoms with van der Waals surface area (Å²) in [4.78, 5) is 11.4. The summed E-state index contributed by atoms with van der Waals surface area (Å²) in [5, 5.41) is 6.91. The first-order valence-electron chi connectivity index (χ1n) is 3.96. The topological polar surface area (TPSA) is 80.7 Å². The van der Waals surface area contributed by atoms with Crippen LogP contribution < -0.4 is 5.32 Å². The van der Waals surface area contributed by atoms with Crippen LogP contribution >= 0.6 is 23.1 Å². The Kier molecular flexibility index (Phi) is 3.02. The molecule has 6 nitrogen and oxygen atoms in total. The predicted molar refractivity (Wildman–Crippen MR) is 52.8 cm³/mol. The van der Waals surface area contributed by atoms with E-state index in [1.165, 1.54) is 6.20 Å². The minimum atomic E-state index is -4.57. The average Bonchev–Trinajstić information content (AvgIpc) is 2.85. The third kappa shape index (κ3) is 2.74. The van der Waals surface area contributed by atoms with Gasteiger partial charge in [-0.05, 0) is 0 Å². The molecule has 17 heavy (non-hydrogen) atoms. The van der Waals surface area contributed by atoms with Crippen molar-refractivity contribution in [2.24, 2.45) is 0 Å². The van der Waals surface area contributed by atoms with Crippen molar-refractivity contribution in [1.82, 2.24) is 18.9 Å². The van der Waals surface area contributed by atoms with Crippen LogP contribution in [0.15, 0.2) is 6.20 Å². The summed E-state index contributed by atoms with van der Waals surface area (Å²) < 4.78 is 43.8. The van der Waals surface area contributed by atoms with Gasteiger partial charge in [0.15, 0.2) is 5.69 Å². The molecule has 0 saturated heterocycles. The third-order valence-corrected chi connectivity index (χ3v) is 2.84. The summed E-state index contributed by atoms with van der Waals surface area (Å²) in [6, 6.07) is 0. The van der Waals surface area contributed by atoms with Gasteiger partial charge >= 0.3 is 6.18 Å². The second kappa shape index (κ2) is 4.33. The van der Waals surface area contributed by atoms with Crippen molar-refractivity contribution in [3.8, 4) is 0 Å². The Bertz CT molecular complexity index is 522. The zero-order chi connectivity index (χ0) is 12.5. The van der Waals surface area contributed by atoms with Gasteiger partial charge in [-0.3, -0.25) is 10.1 Å². The van der Waals surface area contributed by atoms with E-state index in [1.807, 2.05) is 0 Å². The zero-order valence-corrected chi connectivity index (χ0v) is 9.36. The van der Waals surface area contributed by atoms with Crippen LogP contribution in [-0.4, -0.2) is 24.9 Å². The van der Waals surface area contributed by atoms with Crippen LogP contribution in [0.3, 0.4) is 0 Å². The molecule has 1 N–H and O–H groups in total. The maximum absolute atomic E-state index is 12.2. The van der Waals surface area contributed by atoms with Gasteiger partial charge in [0.25, 0.3) is 5.91 Å². The van der Waals surface area contributed by atoms with Crippen LogP contribution in [0.25, 0.3) is 0 Å². The van der Waals surface area contributed by atoms with Gasteiger partial charge in [0.05, 0.1) is 17.9 Å². The fourth-order valence-corrected chi connectivity index (χ4v) is 1.83. The molecule has 0 aromatic carbocycles. The number of nitrogens with zero attached hydrogens (tertiary/aromatic N) is 4. The van der Waals surface area contributed by atoms with Gasteiger partial charge in [0.2, 0.25) is 10.1 Å². The van der Waals surface area contributed by atoms with Crippen LogP contribution in [0.4, 0.5) is 18.3 Å². The minimum Gasteiger partial charge on any atom is -0.295 e. The molecule has 0 unspecified atom stereocenters. The van der Waals surface area contributed by atoms with E-state index in [2.05, 4.69) is 24.3 Å². The quantitative estimate of drug-likeness (QED) is 0.905. The van der Waals surface area contributed by atoms with Crippen molar-refractivity contribution in [2.45, 2.75) is 6.18 Å². The monoisotopic (exact) mass is 281 g/mol. The molecule has 0 aliphatic carbocycles. The number of alkyl halides is 3. The van der Waals surface area contributed by atoms with E-state index in [0.717, 1.165) is 11.7 Å². The highest BCUT2D eigenvalue weighted by molar-refractivity contribution is 7.15. The molecule has 2 heterocycles. The summed E-state index contributed by atoms with van der Waals surface area (Å²) in [7, 11) is 0. The molecule has 2 aromatic heterocycles. The molecule has 90 valence electrons. The molecule has 0 bridgehead atoms. The predicted octanol–water partition coefficient (Wildman–Crippen LogP) is 1.66. The molecule has 0 aliphatic rings. The molecule has 2 rings (SSSR count). The molecule has 2 aromatic rings. The normalized spacial score (nSPS) is 11.5. The van der Waals surface area contributed by atoms with Crippen LogP contribution in [0, 0.1) is 0 Å². The second-order valence-electron chi connectivity index (χ2n) is 2.66. The summed E-state index contributed by atoms with van der Waals surface area (Å²) in [5.74, 6) is -0.677. The summed E-state index contributed by atoms with van der Waals surface area (Å²) >= 11 is 1.06. The van der Waals surface area contributed by atoms with Crippen molar-refractivity contribution in [3.63, 3.8) is 0 Å². The molecular weight excluding hydrogens is 279 g/mol. The Morgan fingerprint density at radius 2 is 2.12 bits per heavy atom. The van der Waals surface area contributed by atoms with Gasteiger partial charge in [-0.2, -0.15) is 21.9 Å². The molecule has 0 radical (unpaired) electrons. The molecule has 11 heteroatoms. The van der Waals surface area contributed by atoms with Crippen molar-refractivity contribution in [3.05, 3.63) is 16.9 Å². The second-order valence-corrected chi connectivity index (χ2v) is 4.19. The van der Waals surface area contributed by atoms with Crippen molar-refractivity contribution < 1.29 is 18.0 Å². The number of nitrogens with one attached hydrogen (secondary N) is 1. The maximum Gasteiger partial charge on any atom is 0.445 e. The average molecular weight is 281 g/mol. The van der Waals surface area contributed by atoms with Gasteiger partial charge in [0, 0.05) is 0 Å². The van der Waals surface area contributed by atoms with Gasteiger partial charge in [-0.15, -0.1) is 10.2 Å². The van der Waals surface area contributed by atoms with E-state index in [0.29, 0.717) is 0 Å². The van der Waals surface area contributed by atoms with Crippen molar-refractivity contribution in [1.29, 1.82) is 0 Å². The molecule has 0 aliphatic heterocycles. The fraction of sp³-hybridized carbons (Fsp3) is 0.167. The molecule has 0 atom stereocenters. The number of anilines is 1. The van der Waals surface area contributed by atoms with E-state index < -0.39 is 17.1 Å². The Morgan fingerprint density at radius 1 is 1.35 bits per heavy atom. The molecule has 0 saturated carbocycles. The van der Waals surface area contributed by atoms with E-state index in [-0.39, 0.29) is 22.2 Å². The van der Waals surface area contributed by atoms with Crippen LogP contribution in [-0.2, 0) is 6.18 Å². The molecule has 1 amide bonds. The number of rotatable bonds is 2. The molecule has 0 fully saturated rings. The lowest BCUT2D eigenvalue weighted by Gasteiger charge is -1.98. The SMILES string of the molecule is O=C(Nc1nnc(C(F)(F)F)s1)c1cnsn1. The smallest absolute Gasteiger partial charge is 0.295 e. The first kappa shape index (κ1) is 11.9. The number of amides is 1. The first-order chi connectivity index (χ1) is 7.97. The summed E-state index contributed by atoms with van der Waals surface area (Å²) in [6.07, 6.45) is -3.37. The number of hydrogen-bond donors (Lipinski definition) is 1. The van der Waals surface area contributed by atoms with Crippen LogP contribution in [0.2, 0.25) is 0 Å². The Morgan fingerprint density at radius 3 is 2.65 bits per heavy atom. The highest BCUT2D eigenvalue weighted by atomic mass is 32.1. The highest BCUT2D eigenvalue weighted by Gasteiger charge is 2.35. The van der Waals surface area contributed by atoms with Gasteiger partial charge in [0.1, 0.15) is 0 Å². The third-order valence-electron chi connectivity index (χ3n) is 1.48. The van der Waals surface area contributed by atoms with E-state index in [4.69, 9.17) is 0 Å². The Hall–Kier alpha value is -1.62. The van der Waals surface area contributed by atoms with Crippen molar-refractivity contribution >= 4 is 34.1 Å². The van der Waals surface area contributed by atoms with Gasteiger partial charge in [-0.25, -0.2) is 0 Å². The fourth-order valence-electron chi connectivity index (χ4n) is 0.814. The lowest BCUT2D eigenvalue weighted by molar-refractivity contribution is -0.138. The van der Waals surface area contributed by atoms with E-state index in [1.54, 1.807) is 0 Å². The lowest BCUT2D eigenvalue weighted by atomic mass is 10.4. The maximum atomic E-state index is 12.2. The molecular formula is C6H2F3N5OS2. The van der Waals surface area contributed by atoms with Gasteiger partial charge in [-0.1, -0.05) is 11.3 Å². The highest BCUT2D eigenvalue weighted by Crippen LogP contribution is 2.32. The minimum absolute atomic E-state index is 0.0127. The van der Waals surface area contributed by atoms with Crippen molar-refractivity contribution in [2.75, 3.05) is 5.32 Å². The lowest BCUT2D eigenvalue weighted by Crippen LogP contribution is -2.11. The van der Waals surface area contributed by atoms with E-state index in [9.17, 15) is 18.0 Å². The largest absolute Gasteiger partial charge is 0.445 e. The van der Waals surface area contributed by atoms with E-state index >= 15 is 0 Å². The number of aromatic nitrogens is 4. The molecule has 0 spiro atoms. The number of hydrogen-bond acceptors (Lipinski definition) is 7. The van der Waals surface area contributed by atoms with Crippen LogP contribution in [0.1, 0.15) is 15.5 Å². The standard InChI is InChI=1S/C6H2F3N5OS2/c7-6(8,9)4-12-13-5(16-4)11-3(15)2-1-10-17-14-2/h1H,(H,11,13,15). The van der Waals surface area contributed by atoms with Gasteiger partial charge < -0.3 is 0 Å². The first-order valence-corrected chi connectivity index (χ1v) is 5.51. The number of carbonyl (C=O) groups excluding carboxylic acids is 1. The zero-order valence-electron chi connectivity index (χ0n) is 7.72. The van der Waals surface area contributed by atoms with Crippen LogP contribution in [0.5, 0.6) is 0 Å². The number of carbonyl (C=O) groups is 1. The summed E-state index contributed by atoms with van der Waals surface area (Å²) in [6.45, 7) is 0. The Labute approximate surface area is 99.8 Å². The number of halogens is 3. The summed E-state index contributed by atoms with van der Waals surface area (Å²) in [5.41, 5.74) is 0.0127.